The molecule has 0 amide bonds. The Balaban J connectivity index is 0.000000280. The third-order valence-corrected chi connectivity index (χ3v) is 11.9. The first kappa shape index (κ1) is 53.5. The molecule has 0 saturated carbocycles. The van der Waals surface area contributed by atoms with Crippen molar-refractivity contribution < 1.29 is 29.8 Å². The number of aromatic nitrogens is 6. The second-order valence-electron chi connectivity index (χ2n) is 22.8. The monoisotopic (exact) mass is 901 g/mol. The second-order valence-corrected chi connectivity index (χ2v) is 22.8. The maximum absolute atomic E-state index is 13.6. The summed E-state index contributed by atoms with van der Waals surface area (Å²) in [6, 6.07) is 23.8. The SMILES string of the molecule is C[NH+](C)CC[NH+](C)Cc1cc(C(C)(C)CC(C)(C)C)cc(-n2nc3ccccc3n2)c1[O-].C[NH+](C)CC[NH+](C)Cc1cc(C(C)(C)CC(C)(C)C)cc(-n2nc3ccccc3n2)c1[O-].[Mg+2]. The van der Waals surface area contributed by atoms with Gasteiger partial charge in [0.15, 0.2) is 0 Å². The fraction of sp³-hybridized carbons (Fsp3) is 0.538. The normalized spacial score (nSPS) is 13.6. The zero-order valence-corrected chi connectivity index (χ0v) is 44.2. The summed E-state index contributed by atoms with van der Waals surface area (Å²) in [4.78, 5) is 8.57. The van der Waals surface area contributed by atoms with Crippen molar-refractivity contribution in [3.63, 3.8) is 0 Å². The Hall–Kier alpha value is -4.11. The average Bonchev–Trinajstić information content (AvgIpc) is 3.81. The molecule has 6 rings (SSSR count). The van der Waals surface area contributed by atoms with Crippen molar-refractivity contribution in [2.75, 3.05) is 68.5 Å². The van der Waals surface area contributed by atoms with Crippen LogP contribution in [0.3, 0.4) is 0 Å². The van der Waals surface area contributed by atoms with Gasteiger partial charge in [-0.05, 0) is 82.0 Å². The predicted octanol–water partition coefficient (Wildman–Crippen LogP) is 2.35. The van der Waals surface area contributed by atoms with Crippen molar-refractivity contribution in [3.05, 3.63) is 95.1 Å². The summed E-state index contributed by atoms with van der Waals surface area (Å²) in [6.45, 7) is 28.2. The van der Waals surface area contributed by atoms with Crippen LogP contribution in [0.15, 0.2) is 72.8 Å². The summed E-state index contributed by atoms with van der Waals surface area (Å²) in [5, 5.41) is 45.6. The van der Waals surface area contributed by atoms with E-state index in [4.69, 9.17) is 0 Å². The van der Waals surface area contributed by atoms with Gasteiger partial charge in [0.1, 0.15) is 61.3 Å². The number of hydrogen-bond acceptors (Lipinski definition) is 6. The van der Waals surface area contributed by atoms with E-state index in [1.165, 1.54) is 40.3 Å². The molecule has 0 fully saturated rings. The molecule has 65 heavy (non-hydrogen) atoms. The third kappa shape index (κ3) is 14.9. The molecule has 4 N–H and O–H groups in total. The van der Waals surface area contributed by atoms with E-state index in [9.17, 15) is 10.2 Å². The molecular weight excluding hydrogens is 821 g/mol. The molecule has 6 aromatic rings. The van der Waals surface area contributed by atoms with E-state index in [-0.39, 0.29) is 56.2 Å². The molecule has 2 unspecified atom stereocenters. The van der Waals surface area contributed by atoms with Crippen LogP contribution in [-0.4, -0.2) is 122 Å². The molecule has 2 aromatic heterocycles. The van der Waals surface area contributed by atoms with Crippen molar-refractivity contribution in [2.45, 2.75) is 106 Å². The minimum Gasteiger partial charge on any atom is -0.871 e. The van der Waals surface area contributed by atoms with E-state index < -0.39 is 0 Å². The Bertz CT molecular complexity index is 2240. The summed E-state index contributed by atoms with van der Waals surface area (Å²) in [5.41, 5.74) is 8.48. The summed E-state index contributed by atoms with van der Waals surface area (Å²) < 4.78 is 0. The second kappa shape index (κ2) is 21.7. The molecular formula is C52H80MgN10O2+4. The van der Waals surface area contributed by atoms with Crippen LogP contribution in [-0.2, 0) is 23.9 Å². The molecule has 0 radical (unpaired) electrons. The molecule has 2 atom stereocenters. The van der Waals surface area contributed by atoms with Crippen molar-refractivity contribution in [2.24, 2.45) is 10.8 Å². The predicted molar refractivity (Wildman–Crippen MR) is 263 cm³/mol. The van der Waals surface area contributed by atoms with Gasteiger partial charge in [0, 0.05) is 11.1 Å². The summed E-state index contributed by atoms with van der Waals surface area (Å²) in [5.74, 6) is 0.0503. The number of rotatable bonds is 16. The van der Waals surface area contributed by atoms with Crippen molar-refractivity contribution in [3.8, 4) is 22.9 Å². The van der Waals surface area contributed by atoms with Crippen LogP contribution < -0.4 is 29.8 Å². The van der Waals surface area contributed by atoms with Crippen molar-refractivity contribution >= 4 is 45.1 Å². The molecule has 0 aliphatic rings. The average molecular weight is 902 g/mol. The van der Waals surface area contributed by atoms with Crippen molar-refractivity contribution in [1.82, 2.24) is 30.0 Å². The number of nitrogens with one attached hydrogen (secondary N) is 4. The Morgan fingerprint density at radius 1 is 0.462 bits per heavy atom. The summed E-state index contributed by atoms with van der Waals surface area (Å²) >= 11 is 0. The Labute approximate surface area is 406 Å². The molecule has 0 aliphatic carbocycles. The van der Waals surface area contributed by atoms with Crippen LogP contribution in [0.1, 0.15) is 104 Å². The van der Waals surface area contributed by atoms with Gasteiger partial charge in [-0.1, -0.05) is 117 Å². The zero-order valence-electron chi connectivity index (χ0n) is 42.8. The quantitative estimate of drug-likeness (QED) is 0.111. The van der Waals surface area contributed by atoms with Gasteiger partial charge in [0.2, 0.25) is 0 Å². The molecule has 2 heterocycles. The van der Waals surface area contributed by atoms with E-state index in [0.29, 0.717) is 24.5 Å². The molecule has 12 nitrogen and oxygen atoms in total. The maximum atomic E-state index is 13.6. The molecule has 13 heteroatoms. The van der Waals surface area contributed by atoms with Crippen LogP contribution in [0, 0.1) is 10.8 Å². The smallest absolute Gasteiger partial charge is 0.871 e. The maximum Gasteiger partial charge on any atom is 2.00 e. The van der Waals surface area contributed by atoms with Gasteiger partial charge in [-0.2, -0.15) is 9.59 Å². The third-order valence-electron chi connectivity index (χ3n) is 11.9. The van der Waals surface area contributed by atoms with E-state index in [1.807, 2.05) is 60.7 Å². The van der Waals surface area contributed by atoms with Crippen LogP contribution in [0.4, 0.5) is 0 Å². The molecule has 0 aliphatic heterocycles. The molecule has 348 valence electrons. The number of benzene rings is 4. The largest absolute Gasteiger partial charge is 2.00 e. The first-order chi connectivity index (χ1) is 29.7. The number of quaternary nitrogens is 4. The molecule has 0 spiro atoms. The van der Waals surface area contributed by atoms with Gasteiger partial charge < -0.3 is 29.8 Å². The Morgan fingerprint density at radius 2 is 0.754 bits per heavy atom. The summed E-state index contributed by atoms with van der Waals surface area (Å²) in [7, 11) is 13.0. The van der Waals surface area contributed by atoms with Gasteiger partial charge in [0.05, 0.1) is 53.7 Å². The van der Waals surface area contributed by atoms with Gasteiger partial charge in [-0.15, -0.1) is 20.4 Å². The topological polar surface area (TPSA) is 125 Å². The number of nitrogens with zero attached hydrogens (tertiary/aromatic N) is 6. The van der Waals surface area contributed by atoms with Gasteiger partial charge in [0.25, 0.3) is 0 Å². The van der Waals surface area contributed by atoms with Crippen LogP contribution in [0.2, 0.25) is 0 Å². The Morgan fingerprint density at radius 3 is 1.02 bits per heavy atom. The number of hydrogen-bond donors (Lipinski definition) is 4. The van der Waals surface area contributed by atoms with E-state index in [1.54, 1.807) is 0 Å². The molecule has 0 saturated heterocycles. The molecule has 4 aromatic carbocycles. The standard InChI is InChI=1S/2C26H39N5O.Mg/c2*1-25(2,3)18-26(4,5)20-15-19(17-30(8)14-13-29(6)7)24(32)23(16-20)31-27-21-11-9-10-12-22(21)28-31;/h2*9-12,15-16,32H,13-14,17-18H2,1-8H3;/q;;+2/p+2. The van der Waals surface area contributed by atoms with Gasteiger partial charge in [-0.25, -0.2) is 0 Å². The van der Waals surface area contributed by atoms with E-state index in [2.05, 4.69) is 144 Å². The van der Waals surface area contributed by atoms with Gasteiger partial charge in [-0.3, -0.25) is 0 Å². The fourth-order valence-corrected chi connectivity index (χ4v) is 9.23. The number of fused-ring (bicyclic) bond motifs is 2. The fourth-order valence-electron chi connectivity index (χ4n) is 9.23. The Kier molecular flexibility index (Phi) is 17.8. The van der Waals surface area contributed by atoms with Crippen molar-refractivity contribution in [1.29, 1.82) is 0 Å². The minimum atomic E-state index is -0.0796. The van der Waals surface area contributed by atoms with Crippen LogP contribution in [0.25, 0.3) is 33.4 Å². The summed E-state index contributed by atoms with van der Waals surface area (Å²) in [6.07, 6.45) is 2.02. The number of likely N-dealkylation sites (N-methyl/N-ethyl adjacent to an activating group) is 4. The first-order valence-electron chi connectivity index (χ1n) is 23.3. The van der Waals surface area contributed by atoms with Crippen LogP contribution in [0.5, 0.6) is 11.5 Å². The first-order valence-corrected chi connectivity index (χ1v) is 23.3. The van der Waals surface area contributed by atoms with Gasteiger partial charge >= 0.3 is 23.1 Å². The van der Waals surface area contributed by atoms with E-state index >= 15 is 0 Å². The minimum absolute atomic E-state index is 0. The van der Waals surface area contributed by atoms with E-state index in [0.717, 1.165) is 72.2 Å². The molecule has 0 bridgehead atoms. The van der Waals surface area contributed by atoms with Crippen LogP contribution >= 0.6 is 0 Å². The zero-order chi connectivity index (χ0) is 47.4.